The maximum Gasteiger partial charge on any atom is 0.261 e. The second-order valence-electron chi connectivity index (χ2n) is 8.12. The molecule has 0 fully saturated rings. The Hall–Kier alpha value is -2.24. The second-order valence-corrected chi connectivity index (χ2v) is 8.94. The highest BCUT2D eigenvalue weighted by Crippen LogP contribution is 2.24. The summed E-state index contributed by atoms with van der Waals surface area (Å²) in [6.07, 6.45) is 1.28. The minimum absolute atomic E-state index is 0.0185. The molecular weight excluding hydrogens is 447 g/mol. The Morgan fingerprint density at radius 3 is 2.22 bits per heavy atom. The van der Waals surface area contributed by atoms with Crippen LogP contribution in [-0.2, 0) is 16.1 Å². The van der Waals surface area contributed by atoms with Crippen molar-refractivity contribution in [2.24, 2.45) is 0 Å². The van der Waals surface area contributed by atoms with Crippen LogP contribution < -0.4 is 10.1 Å². The highest BCUT2D eigenvalue weighted by molar-refractivity contribution is 6.42. The van der Waals surface area contributed by atoms with Gasteiger partial charge in [-0.15, -0.1) is 0 Å². The highest BCUT2D eigenvalue weighted by Gasteiger charge is 2.29. The van der Waals surface area contributed by atoms with Crippen molar-refractivity contribution < 1.29 is 14.3 Å². The second kappa shape index (κ2) is 12.1. The molecule has 0 aliphatic carbocycles. The van der Waals surface area contributed by atoms with Crippen molar-refractivity contribution in [2.75, 3.05) is 6.61 Å². The standard InChI is InChI=1S/C25H32Cl2N2O3/c1-6-18(5)28-25(31)23(7-2)29(14-19-8-9-21(26)22(27)13-19)24(30)15-32-20-11-16(3)10-17(4)12-20/h8-13,18,23H,6-7,14-15H2,1-5H3,(H,28,31)/t18-,23+/m1/s1. The number of carbonyl (C=O) groups excluding carboxylic acids is 2. The summed E-state index contributed by atoms with van der Waals surface area (Å²) in [7, 11) is 0. The van der Waals surface area contributed by atoms with Gasteiger partial charge in [0.25, 0.3) is 5.91 Å². The van der Waals surface area contributed by atoms with Crippen LogP contribution in [0.25, 0.3) is 0 Å². The molecule has 0 saturated carbocycles. The summed E-state index contributed by atoms with van der Waals surface area (Å²) in [5.74, 6) is 0.172. The number of carbonyl (C=O) groups is 2. The van der Waals surface area contributed by atoms with Gasteiger partial charge in [-0.3, -0.25) is 9.59 Å². The van der Waals surface area contributed by atoms with E-state index in [4.69, 9.17) is 27.9 Å². The van der Waals surface area contributed by atoms with Crippen LogP contribution >= 0.6 is 23.2 Å². The van der Waals surface area contributed by atoms with Crippen LogP contribution in [0.5, 0.6) is 5.75 Å². The van der Waals surface area contributed by atoms with E-state index in [0.717, 1.165) is 23.1 Å². The first-order valence-electron chi connectivity index (χ1n) is 10.9. The molecule has 1 N–H and O–H groups in total. The monoisotopic (exact) mass is 478 g/mol. The lowest BCUT2D eigenvalue weighted by molar-refractivity contribution is -0.143. The van der Waals surface area contributed by atoms with Crippen molar-refractivity contribution in [2.45, 2.75) is 66.1 Å². The van der Waals surface area contributed by atoms with Gasteiger partial charge in [-0.25, -0.2) is 0 Å². The lowest BCUT2D eigenvalue weighted by Crippen LogP contribution is -2.51. The fraction of sp³-hybridized carbons (Fsp3) is 0.440. The molecule has 0 spiro atoms. The van der Waals surface area contributed by atoms with Gasteiger partial charge < -0.3 is 15.0 Å². The number of nitrogens with one attached hydrogen (secondary N) is 1. The molecule has 5 nitrogen and oxygen atoms in total. The SMILES string of the molecule is CC[C@@H](C)NC(=O)[C@H](CC)N(Cc1ccc(Cl)c(Cl)c1)C(=O)COc1cc(C)cc(C)c1. The van der Waals surface area contributed by atoms with E-state index in [2.05, 4.69) is 5.32 Å². The summed E-state index contributed by atoms with van der Waals surface area (Å²) in [5, 5.41) is 3.83. The Morgan fingerprint density at radius 1 is 1.00 bits per heavy atom. The number of amides is 2. The predicted octanol–water partition coefficient (Wildman–Crippen LogP) is 5.71. The van der Waals surface area contributed by atoms with Gasteiger partial charge in [0.2, 0.25) is 5.91 Å². The number of aryl methyl sites for hydroxylation is 2. The van der Waals surface area contributed by atoms with Gasteiger partial charge in [-0.1, -0.05) is 49.2 Å². The third-order valence-electron chi connectivity index (χ3n) is 5.28. The van der Waals surface area contributed by atoms with Crippen LogP contribution in [0.4, 0.5) is 0 Å². The molecule has 0 saturated heterocycles. The number of hydrogen-bond donors (Lipinski definition) is 1. The maximum absolute atomic E-state index is 13.3. The third-order valence-corrected chi connectivity index (χ3v) is 6.02. The lowest BCUT2D eigenvalue weighted by atomic mass is 10.1. The van der Waals surface area contributed by atoms with Crippen LogP contribution in [0.1, 0.15) is 50.3 Å². The zero-order valence-corrected chi connectivity index (χ0v) is 20.9. The van der Waals surface area contributed by atoms with Crippen molar-refractivity contribution in [1.29, 1.82) is 0 Å². The van der Waals surface area contributed by atoms with Gasteiger partial charge in [-0.2, -0.15) is 0 Å². The van der Waals surface area contributed by atoms with Gasteiger partial charge in [0.15, 0.2) is 6.61 Å². The zero-order valence-electron chi connectivity index (χ0n) is 19.4. The molecule has 0 bridgehead atoms. The summed E-state index contributed by atoms with van der Waals surface area (Å²) in [6, 6.07) is 10.4. The molecular formula is C25H32Cl2N2O3. The quantitative estimate of drug-likeness (QED) is 0.475. The number of ether oxygens (including phenoxy) is 1. The molecule has 0 aliphatic rings. The Morgan fingerprint density at radius 2 is 1.66 bits per heavy atom. The van der Waals surface area contributed by atoms with Gasteiger partial charge in [0.05, 0.1) is 10.0 Å². The van der Waals surface area contributed by atoms with E-state index in [0.29, 0.717) is 22.2 Å². The molecule has 2 aromatic rings. The smallest absolute Gasteiger partial charge is 0.261 e. The molecule has 2 amide bonds. The molecule has 0 aromatic heterocycles. The number of hydrogen-bond acceptors (Lipinski definition) is 3. The van der Waals surface area contributed by atoms with Gasteiger partial charge in [0.1, 0.15) is 11.8 Å². The summed E-state index contributed by atoms with van der Waals surface area (Å²) >= 11 is 12.2. The molecule has 0 heterocycles. The van der Waals surface area contributed by atoms with Crippen molar-refractivity contribution >= 4 is 35.0 Å². The van der Waals surface area contributed by atoms with Crippen molar-refractivity contribution in [3.63, 3.8) is 0 Å². The minimum Gasteiger partial charge on any atom is -0.484 e. The van der Waals surface area contributed by atoms with Crippen LogP contribution in [0.2, 0.25) is 10.0 Å². The lowest BCUT2D eigenvalue weighted by Gasteiger charge is -2.31. The molecule has 2 aromatic carbocycles. The molecule has 32 heavy (non-hydrogen) atoms. The number of halogens is 2. The Labute approximate surface area is 201 Å². The molecule has 2 rings (SSSR count). The fourth-order valence-electron chi connectivity index (χ4n) is 3.44. The van der Waals surface area contributed by atoms with Crippen LogP contribution in [0, 0.1) is 13.8 Å². The molecule has 0 aliphatic heterocycles. The average Bonchev–Trinajstić information content (AvgIpc) is 2.73. The molecule has 0 radical (unpaired) electrons. The van der Waals surface area contributed by atoms with Gasteiger partial charge >= 0.3 is 0 Å². The van der Waals surface area contributed by atoms with E-state index < -0.39 is 6.04 Å². The first-order valence-corrected chi connectivity index (χ1v) is 11.6. The third kappa shape index (κ3) is 7.42. The molecule has 174 valence electrons. The van der Waals surface area contributed by atoms with Crippen LogP contribution in [0.15, 0.2) is 36.4 Å². The van der Waals surface area contributed by atoms with E-state index in [1.165, 1.54) is 0 Å². The number of rotatable bonds is 10. The Balaban J connectivity index is 2.26. The molecule has 2 atom stereocenters. The van der Waals surface area contributed by atoms with E-state index in [-0.39, 0.29) is 31.0 Å². The summed E-state index contributed by atoms with van der Waals surface area (Å²) in [5.41, 5.74) is 2.90. The first kappa shape index (κ1) is 26.0. The Kier molecular flexibility index (Phi) is 9.85. The predicted molar refractivity (Wildman–Crippen MR) is 130 cm³/mol. The molecule has 0 unspecified atom stereocenters. The van der Waals surface area contributed by atoms with Crippen molar-refractivity contribution in [1.82, 2.24) is 10.2 Å². The number of benzene rings is 2. The zero-order chi connectivity index (χ0) is 23.8. The Bertz CT molecular complexity index is 929. The average molecular weight is 479 g/mol. The maximum atomic E-state index is 13.3. The van der Waals surface area contributed by atoms with Gasteiger partial charge in [-0.05, 0) is 74.6 Å². The summed E-state index contributed by atoms with van der Waals surface area (Å²) < 4.78 is 5.80. The summed E-state index contributed by atoms with van der Waals surface area (Å²) in [4.78, 5) is 27.8. The number of nitrogens with zero attached hydrogens (tertiary/aromatic N) is 1. The van der Waals surface area contributed by atoms with Crippen LogP contribution in [0.3, 0.4) is 0 Å². The van der Waals surface area contributed by atoms with Crippen LogP contribution in [-0.4, -0.2) is 35.4 Å². The normalized spacial score (nSPS) is 12.7. The fourth-order valence-corrected chi connectivity index (χ4v) is 3.76. The van der Waals surface area contributed by atoms with Gasteiger partial charge in [0, 0.05) is 12.6 Å². The van der Waals surface area contributed by atoms with E-state index in [1.807, 2.05) is 52.8 Å². The minimum atomic E-state index is -0.631. The van der Waals surface area contributed by atoms with Crippen molar-refractivity contribution in [3.05, 3.63) is 63.1 Å². The van der Waals surface area contributed by atoms with E-state index in [9.17, 15) is 9.59 Å². The van der Waals surface area contributed by atoms with E-state index >= 15 is 0 Å². The topological polar surface area (TPSA) is 58.6 Å². The first-order chi connectivity index (χ1) is 15.1. The van der Waals surface area contributed by atoms with E-state index in [1.54, 1.807) is 23.1 Å². The van der Waals surface area contributed by atoms with Crippen molar-refractivity contribution in [3.8, 4) is 5.75 Å². The highest BCUT2D eigenvalue weighted by atomic mass is 35.5. The summed E-state index contributed by atoms with van der Waals surface area (Å²) in [6.45, 7) is 9.84. The largest absolute Gasteiger partial charge is 0.484 e. The molecule has 7 heteroatoms.